The van der Waals surface area contributed by atoms with Crippen molar-refractivity contribution in [3.8, 4) is 0 Å². The Morgan fingerprint density at radius 2 is 0.519 bits per heavy atom. The molecule has 0 bridgehead atoms. The summed E-state index contributed by atoms with van der Waals surface area (Å²) in [5.41, 5.74) is 0. The van der Waals surface area contributed by atoms with E-state index in [4.69, 9.17) is 18.5 Å². The number of hydrogen-bond donors (Lipinski definition) is 1. The zero-order valence-corrected chi connectivity index (χ0v) is 66.8. The smallest absolute Gasteiger partial charge is 0.462 e. The average molecular weight is 1450 g/mol. The lowest BCUT2D eigenvalue weighted by atomic mass is 10.1. The Kier molecular flexibility index (Phi) is 75.2. The molecular formula is C94H145NO8P+. The highest BCUT2D eigenvalue weighted by Crippen LogP contribution is 2.43. The molecule has 9 nitrogen and oxygen atoms in total. The largest absolute Gasteiger partial charge is 0.472 e. The first kappa shape index (κ1) is 97.3. The molecule has 10 heteroatoms. The molecule has 1 N–H and O–H groups in total. The Balaban J connectivity index is 4.19. The molecule has 0 saturated carbocycles. The molecule has 0 fully saturated rings. The highest BCUT2D eigenvalue weighted by Gasteiger charge is 2.27. The molecule has 0 aromatic rings. The molecule has 0 saturated heterocycles. The molecule has 0 rings (SSSR count). The van der Waals surface area contributed by atoms with Gasteiger partial charge in [-0.1, -0.05) is 333 Å². The van der Waals surface area contributed by atoms with Crippen LogP contribution in [0.3, 0.4) is 0 Å². The summed E-state index contributed by atoms with van der Waals surface area (Å²) in [4.78, 5) is 36.0. The lowest BCUT2D eigenvalue weighted by Gasteiger charge is -2.24. The van der Waals surface area contributed by atoms with Crippen molar-refractivity contribution in [1.82, 2.24) is 0 Å². The number of esters is 2. The quantitative estimate of drug-likeness (QED) is 0.0211. The minimum absolute atomic E-state index is 0.0102. The molecule has 2 atom stereocenters. The maximum atomic E-state index is 12.9. The SMILES string of the molecule is CC/C=C\C/C=C\C/C=C\C/C=C\C/C=C\C/C=C\C/C=C\C/C=C\C/C=C\C/C=C\C/C=C\C/C=C\CCCCCCC(=O)OC(COC(=O)CCCCCCCCCC/C=C\C/C=C\C/C=C\C/C=C\C/C=C\C/C=C\C/C=C\C/C=C\C/C=C\C/C=C\CC)COP(=O)(O)OCC[N+](C)(C)C. The van der Waals surface area contributed by atoms with Crippen LogP contribution in [0.25, 0.3) is 0 Å². The Morgan fingerprint density at radius 3 is 0.769 bits per heavy atom. The third-order valence-corrected chi connectivity index (χ3v) is 16.7. The molecule has 0 aliphatic heterocycles. The predicted octanol–water partition coefficient (Wildman–Crippen LogP) is 27.4. The van der Waals surface area contributed by atoms with Gasteiger partial charge in [0, 0.05) is 12.8 Å². The van der Waals surface area contributed by atoms with E-state index in [1.54, 1.807) is 0 Å². The van der Waals surface area contributed by atoms with Gasteiger partial charge in [-0.15, -0.1) is 0 Å². The number of carbonyl (C=O) groups is 2. The summed E-state index contributed by atoms with van der Waals surface area (Å²) in [6.45, 7) is 4.13. The van der Waals surface area contributed by atoms with Gasteiger partial charge in [0.15, 0.2) is 6.10 Å². The molecule has 104 heavy (non-hydrogen) atoms. The third-order valence-electron chi connectivity index (χ3n) is 15.8. The minimum atomic E-state index is -4.43. The van der Waals surface area contributed by atoms with Crippen LogP contribution >= 0.6 is 7.82 Å². The number of unbranched alkanes of at least 4 members (excludes halogenated alkanes) is 12. The van der Waals surface area contributed by atoms with Gasteiger partial charge >= 0.3 is 19.8 Å². The number of likely N-dealkylation sites (N-methyl/N-ethyl adjacent to an activating group) is 1. The Morgan fingerprint density at radius 1 is 0.298 bits per heavy atom. The van der Waals surface area contributed by atoms with Gasteiger partial charge in [0.25, 0.3) is 0 Å². The molecule has 0 aliphatic rings. The average Bonchev–Trinajstić information content (AvgIpc) is 0.920. The number of carbonyl (C=O) groups excluding carboxylic acids is 2. The number of allylic oxidation sites excluding steroid dienone is 44. The summed E-state index contributed by atoms with van der Waals surface area (Å²) < 4.78 is 34.7. The van der Waals surface area contributed by atoms with Crippen molar-refractivity contribution >= 4 is 19.8 Å². The van der Waals surface area contributed by atoms with Gasteiger partial charge in [-0.2, -0.15) is 0 Å². The zero-order chi connectivity index (χ0) is 75.4. The number of quaternary nitrogens is 1. The van der Waals surface area contributed by atoms with Crippen molar-refractivity contribution in [3.63, 3.8) is 0 Å². The predicted molar refractivity (Wildman–Crippen MR) is 453 cm³/mol. The number of phosphoric acid groups is 1. The first-order chi connectivity index (χ1) is 51.0. The molecule has 0 heterocycles. The summed E-state index contributed by atoms with van der Waals surface area (Å²) in [5, 5.41) is 0. The van der Waals surface area contributed by atoms with E-state index in [1.165, 1.54) is 25.7 Å². The van der Waals surface area contributed by atoms with E-state index in [1.807, 2.05) is 21.1 Å². The highest BCUT2D eigenvalue weighted by atomic mass is 31.2. The first-order valence-corrected chi connectivity index (χ1v) is 41.6. The number of phosphoric ester groups is 1. The number of hydrogen-bond acceptors (Lipinski definition) is 7. The van der Waals surface area contributed by atoms with Crippen molar-refractivity contribution in [1.29, 1.82) is 0 Å². The van der Waals surface area contributed by atoms with E-state index in [2.05, 4.69) is 281 Å². The number of rotatable bonds is 70. The summed E-state index contributed by atoms with van der Waals surface area (Å²) in [7, 11) is 1.42. The second-order valence-electron chi connectivity index (χ2n) is 26.6. The lowest BCUT2D eigenvalue weighted by Crippen LogP contribution is -2.37. The van der Waals surface area contributed by atoms with Crippen molar-refractivity contribution < 1.29 is 42.1 Å². The van der Waals surface area contributed by atoms with Crippen LogP contribution in [0.4, 0.5) is 0 Å². The van der Waals surface area contributed by atoms with Gasteiger partial charge < -0.3 is 18.9 Å². The fourth-order valence-corrected chi connectivity index (χ4v) is 10.5. The molecule has 0 aromatic carbocycles. The second kappa shape index (κ2) is 80.4. The van der Waals surface area contributed by atoms with Gasteiger partial charge in [-0.05, 0) is 180 Å². The maximum absolute atomic E-state index is 12.9. The summed E-state index contributed by atoms with van der Waals surface area (Å²) in [6.07, 6.45) is 134. The summed E-state index contributed by atoms with van der Waals surface area (Å²) in [5.74, 6) is -0.856. The summed E-state index contributed by atoms with van der Waals surface area (Å²) >= 11 is 0. The molecule has 578 valence electrons. The van der Waals surface area contributed by atoms with Crippen LogP contribution in [0.5, 0.6) is 0 Å². The van der Waals surface area contributed by atoms with Crippen molar-refractivity contribution in [2.45, 2.75) is 264 Å². The minimum Gasteiger partial charge on any atom is -0.462 e. The van der Waals surface area contributed by atoms with E-state index < -0.39 is 32.5 Å². The van der Waals surface area contributed by atoms with Crippen LogP contribution in [-0.4, -0.2) is 74.9 Å². The van der Waals surface area contributed by atoms with Gasteiger partial charge in [0.2, 0.25) is 0 Å². The van der Waals surface area contributed by atoms with E-state index in [0.29, 0.717) is 23.9 Å². The Bertz CT molecular complexity index is 2770. The standard InChI is InChI=1S/C94H144NO8P/c1-6-8-10-12-14-16-18-20-22-24-26-28-30-32-34-36-38-40-42-44-46-47-49-51-53-55-57-59-61-63-65-67-69-71-73-75-77-79-81-83-85-87-94(97)103-92(91-102-104(98,99)101-89-88-95(3,4)5)90-100-93(96)86-84-82-80-78-76-74-72-70-68-66-64-62-60-58-56-54-52-50-48-45-43-41-39-37-35-33-31-29-27-25-23-21-19-17-15-13-11-9-7-2/h8-11,14-17,20-23,26-29,32-35,38-41,44-46,48-49,51-52,54-55,57-58,60-61,63-64,66-67,69,73,75,92H,6-7,12-13,18-19,24-25,30-31,36-37,42-43,47,50,53,56,59,62,65,68,70-72,74,76-91H2,1-5H3/p+1/b10-8-,11-9-,16-14-,17-15-,22-20-,23-21-,28-26-,29-27-,34-32-,35-33-,40-38-,41-39-,46-44-,48-45-,51-49-,54-52-,57-55-,60-58-,63-61-,66-64-,69-67-,75-73-. The molecule has 0 radical (unpaired) electrons. The van der Waals surface area contributed by atoms with E-state index >= 15 is 0 Å². The van der Waals surface area contributed by atoms with Crippen LogP contribution in [0.2, 0.25) is 0 Å². The van der Waals surface area contributed by atoms with Gasteiger partial charge in [0.05, 0.1) is 27.7 Å². The molecule has 0 aromatic heterocycles. The van der Waals surface area contributed by atoms with E-state index in [9.17, 15) is 19.0 Å². The zero-order valence-electron chi connectivity index (χ0n) is 65.9. The molecular weight excluding hydrogens is 1300 g/mol. The highest BCUT2D eigenvalue weighted by molar-refractivity contribution is 7.47. The summed E-state index contributed by atoms with van der Waals surface area (Å²) in [6, 6.07) is 0. The van der Waals surface area contributed by atoms with E-state index in [0.717, 1.165) is 193 Å². The van der Waals surface area contributed by atoms with Crippen molar-refractivity contribution in [2.24, 2.45) is 0 Å². The normalized spacial score (nSPS) is 14.5. The molecule has 2 unspecified atom stereocenters. The molecule has 0 spiro atoms. The van der Waals surface area contributed by atoms with Gasteiger partial charge in [-0.25, -0.2) is 4.57 Å². The Labute approximate surface area is 637 Å². The fraction of sp³-hybridized carbons (Fsp3) is 0.511. The lowest BCUT2D eigenvalue weighted by molar-refractivity contribution is -0.870. The van der Waals surface area contributed by atoms with Gasteiger partial charge in [-0.3, -0.25) is 18.6 Å². The van der Waals surface area contributed by atoms with E-state index in [-0.39, 0.29) is 26.1 Å². The van der Waals surface area contributed by atoms with Crippen LogP contribution in [0.15, 0.2) is 267 Å². The Hall–Kier alpha value is -6.71. The van der Waals surface area contributed by atoms with Crippen LogP contribution < -0.4 is 0 Å². The number of ether oxygens (including phenoxy) is 2. The first-order valence-electron chi connectivity index (χ1n) is 40.1. The van der Waals surface area contributed by atoms with Crippen molar-refractivity contribution in [2.75, 3.05) is 47.5 Å². The molecule has 0 aliphatic carbocycles. The maximum Gasteiger partial charge on any atom is 0.472 e. The monoisotopic (exact) mass is 1450 g/mol. The fourth-order valence-electron chi connectivity index (χ4n) is 9.73. The molecule has 0 amide bonds. The van der Waals surface area contributed by atoms with Gasteiger partial charge in [0.1, 0.15) is 19.8 Å². The topological polar surface area (TPSA) is 108 Å². The van der Waals surface area contributed by atoms with Crippen molar-refractivity contribution in [3.05, 3.63) is 267 Å². The second-order valence-corrected chi connectivity index (χ2v) is 28.1. The van der Waals surface area contributed by atoms with Crippen LogP contribution in [-0.2, 0) is 32.7 Å². The van der Waals surface area contributed by atoms with Crippen LogP contribution in [0, 0.1) is 0 Å². The number of nitrogens with zero attached hydrogens (tertiary/aromatic N) is 1. The van der Waals surface area contributed by atoms with Crippen LogP contribution in [0.1, 0.15) is 258 Å². The third kappa shape index (κ3) is 84.2.